The summed E-state index contributed by atoms with van der Waals surface area (Å²) in [5.74, 6) is 0. The highest BCUT2D eigenvalue weighted by Gasteiger charge is 2.05. The number of rotatable bonds is 9. The van der Waals surface area contributed by atoms with Crippen molar-refractivity contribution in [1.82, 2.24) is 15.2 Å². The van der Waals surface area contributed by atoms with Gasteiger partial charge in [0.05, 0.1) is 12.3 Å². The number of hydrogen-bond acceptors (Lipinski definition) is 4. The van der Waals surface area contributed by atoms with Gasteiger partial charge in [0.25, 0.3) is 0 Å². The fourth-order valence-corrected chi connectivity index (χ4v) is 1.85. The fourth-order valence-electron chi connectivity index (χ4n) is 1.85. The molecule has 1 rings (SSSR count). The maximum Gasteiger partial charge on any atom is 0.0613 e. The van der Waals surface area contributed by atoms with Gasteiger partial charge in [-0.1, -0.05) is 13.0 Å². The van der Waals surface area contributed by atoms with E-state index in [9.17, 15) is 0 Å². The third-order valence-corrected chi connectivity index (χ3v) is 2.90. The Balaban J connectivity index is 2.25. The molecule has 1 unspecified atom stereocenters. The van der Waals surface area contributed by atoms with E-state index in [4.69, 9.17) is 4.74 Å². The van der Waals surface area contributed by atoms with Crippen LogP contribution in [0.25, 0.3) is 0 Å². The summed E-state index contributed by atoms with van der Waals surface area (Å²) in [4.78, 5) is 6.74. The summed E-state index contributed by atoms with van der Waals surface area (Å²) in [6.45, 7) is 9.04. The van der Waals surface area contributed by atoms with E-state index in [1.54, 1.807) is 7.11 Å². The van der Waals surface area contributed by atoms with Crippen molar-refractivity contribution in [3.05, 3.63) is 30.1 Å². The molecule has 18 heavy (non-hydrogen) atoms. The predicted molar refractivity (Wildman–Crippen MR) is 74.5 cm³/mol. The number of pyridine rings is 1. The molecule has 0 radical (unpaired) electrons. The predicted octanol–water partition coefficient (Wildman–Crippen LogP) is 1.53. The highest BCUT2D eigenvalue weighted by molar-refractivity contribution is 5.03. The second-order valence-corrected chi connectivity index (χ2v) is 4.50. The van der Waals surface area contributed by atoms with Gasteiger partial charge < -0.3 is 10.1 Å². The molecule has 0 amide bonds. The lowest BCUT2D eigenvalue weighted by molar-refractivity contribution is 0.169. The standard InChI is InChI=1S/C14H25N3O/c1-4-17(10-9-15-13(2)12-18-3)11-14-7-5-6-8-16-14/h5-8,13,15H,4,9-12H2,1-3H3. The van der Waals surface area contributed by atoms with Crippen LogP contribution >= 0.6 is 0 Å². The minimum atomic E-state index is 0.406. The fraction of sp³-hybridized carbons (Fsp3) is 0.643. The number of likely N-dealkylation sites (N-methyl/N-ethyl adjacent to an activating group) is 1. The van der Waals surface area contributed by atoms with Crippen molar-refractivity contribution < 1.29 is 4.74 Å². The van der Waals surface area contributed by atoms with Crippen LogP contribution in [0.1, 0.15) is 19.5 Å². The Kier molecular flexibility index (Phi) is 7.57. The first kappa shape index (κ1) is 15.1. The van der Waals surface area contributed by atoms with E-state index in [0.717, 1.165) is 38.5 Å². The van der Waals surface area contributed by atoms with Crippen LogP contribution < -0.4 is 5.32 Å². The molecule has 1 heterocycles. The summed E-state index contributed by atoms with van der Waals surface area (Å²) in [6.07, 6.45) is 1.85. The zero-order valence-electron chi connectivity index (χ0n) is 11.7. The average molecular weight is 251 g/mol. The third kappa shape index (κ3) is 6.10. The maximum atomic E-state index is 5.10. The summed E-state index contributed by atoms with van der Waals surface area (Å²) >= 11 is 0. The highest BCUT2D eigenvalue weighted by Crippen LogP contribution is 2.00. The van der Waals surface area contributed by atoms with Gasteiger partial charge in [-0.25, -0.2) is 0 Å². The van der Waals surface area contributed by atoms with E-state index in [1.165, 1.54) is 0 Å². The van der Waals surface area contributed by atoms with Crippen molar-refractivity contribution in [3.63, 3.8) is 0 Å². The lowest BCUT2D eigenvalue weighted by atomic mass is 10.3. The van der Waals surface area contributed by atoms with Crippen LogP contribution in [0.5, 0.6) is 0 Å². The van der Waals surface area contributed by atoms with Crippen LogP contribution in [-0.2, 0) is 11.3 Å². The first-order valence-electron chi connectivity index (χ1n) is 6.60. The van der Waals surface area contributed by atoms with E-state index in [2.05, 4.69) is 35.1 Å². The van der Waals surface area contributed by atoms with Crippen molar-refractivity contribution >= 4 is 0 Å². The van der Waals surface area contributed by atoms with Crippen LogP contribution in [0.4, 0.5) is 0 Å². The molecule has 1 aromatic heterocycles. The lowest BCUT2D eigenvalue weighted by Crippen LogP contribution is -2.37. The Morgan fingerprint density at radius 2 is 2.28 bits per heavy atom. The quantitative estimate of drug-likeness (QED) is 0.722. The smallest absolute Gasteiger partial charge is 0.0613 e. The van der Waals surface area contributed by atoms with Gasteiger partial charge in [0.15, 0.2) is 0 Å². The number of methoxy groups -OCH3 is 1. The minimum absolute atomic E-state index is 0.406. The molecule has 0 aliphatic heterocycles. The number of ether oxygens (including phenoxy) is 1. The van der Waals surface area contributed by atoms with Gasteiger partial charge in [-0.15, -0.1) is 0 Å². The van der Waals surface area contributed by atoms with Crippen LogP contribution in [0, 0.1) is 0 Å². The molecule has 1 N–H and O–H groups in total. The topological polar surface area (TPSA) is 37.4 Å². The molecule has 0 saturated carbocycles. The summed E-state index contributed by atoms with van der Waals surface area (Å²) in [5, 5.41) is 3.45. The number of hydrogen-bond donors (Lipinski definition) is 1. The molecule has 1 atom stereocenters. The Bertz CT molecular complexity index is 305. The molecule has 0 aliphatic rings. The average Bonchev–Trinajstić information content (AvgIpc) is 2.39. The van der Waals surface area contributed by atoms with Crippen molar-refractivity contribution in [1.29, 1.82) is 0 Å². The second-order valence-electron chi connectivity index (χ2n) is 4.50. The Labute approximate surface area is 110 Å². The number of nitrogens with zero attached hydrogens (tertiary/aromatic N) is 2. The first-order chi connectivity index (χ1) is 8.76. The van der Waals surface area contributed by atoms with E-state index in [0.29, 0.717) is 6.04 Å². The Morgan fingerprint density at radius 1 is 1.44 bits per heavy atom. The van der Waals surface area contributed by atoms with Gasteiger partial charge in [0.1, 0.15) is 0 Å². The van der Waals surface area contributed by atoms with Crippen molar-refractivity contribution in [2.45, 2.75) is 26.4 Å². The van der Waals surface area contributed by atoms with Gasteiger partial charge in [0, 0.05) is 39.0 Å². The largest absolute Gasteiger partial charge is 0.383 e. The summed E-state index contributed by atoms with van der Waals surface area (Å²) < 4.78 is 5.10. The molecular weight excluding hydrogens is 226 g/mol. The SMILES string of the molecule is CCN(CCNC(C)COC)Cc1ccccn1. The van der Waals surface area contributed by atoms with Gasteiger partial charge in [-0.3, -0.25) is 9.88 Å². The monoisotopic (exact) mass is 251 g/mol. The lowest BCUT2D eigenvalue weighted by Gasteiger charge is -2.21. The Hall–Kier alpha value is -0.970. The van der Waals surface area contributed by atoms with Gasteiger partial charge >= 0.3 is 0 Å². The van der Waals surface area contributed by atoms with Gasteiger partial charge in [-0.05, 0) is 25.6 Å². The van der Waals surface area contributed by atoms with Gasteiger partial charge in [0.2, 0.25) is 0 Å². The first-order valence-corrected chi connectivity index (χ1v) is 6.60. The van der Waals surface area contributed by atoms with Crippen LogP contribution in [0.3, 0.4) is 0 Å². The van der Waals surface area contributed by atoms with Crippen LogP contribution in [-0.4, -0.2) is 49.3 Å². The van der Waals surface area contributed by atoms with E-state index in [1.807, 2.05) is 18.3 Å². The number of aromatic nitrogens is 1. The molecule has 1 aromatic rings. The van der Waals surface area contributed by atoms with Crippen molar-refractivity contribution in [2.24, 2.45) is 0 Å². The summed E-state index contributed by atoms with van der Waals surface area (Å²) in [7, 11) is 1.73. The van der Waals surface area contributed by atoms with Crippen molar-refractivity contribution in [2.75, 3.05) is 33.4 Å². The molecule has 0 fully saturated rings. The molecule has 0 bridgehead atoms. The molecule has 0 aromatic carbocycles. The highest BCUT2D eigenvalue weighted by atomic mass is 16.5. The molecule has 4 heteroatoms. The number of nitrogens with one attached hydrogen (secondary N) is 1. The molecule has 4 nitrogen and oxygen atoms in total. The zero-order valence-corrected chi connectivity index (χ0v) is 11.7. The normalized spacial score (nSPS) is 12.9. The van der Waals surface area contributed by atoms with E-state index < -0.39 is 0 Å². The summed E-state index contributed by atoms with van der Waals surface area (Å²) in [5.41, 5.74) is 1.13. The third-order valence-electron chi connectivity index (χ3n) is 2.90. The maximum absolute atomic E-state index is 5.10. The second kappa shape index (κ2) is 9.03. The van der Waals surface area contributed by atoms with E-state index >= 15 is 0 Å². The van der Waals surface area contributed by atoms with E-state index in [-0.39, 0.29) is 0 Å². The minimum Gasteiger partial charge on any atom is -0.383 e. The van der Waals surface area contributed by atoms with Gasteiger partial charge in [-0.2, -0.15) is 0 Å². The molecule has 0 aliphatic carbocycles. The van der Waals surface area contributed by atoms with Crippen molar-refractivity contribution in [3.8, 4) is 0 Å². The summed E-state index contributed by atoms with van der Waals surface area (Å²) in [6, 6.07) is 6.47. The molecule has 102 valence electrons. The zero-order chi connectivity index (χ0) is 13.2. The van der Waals surface area contributed by atoms with Crippen LogP contribution in [0.15, 0.2) is 24.4 Å². The molecule has 0 spiro atoms. The molecular formula is C14H25N3O. The molecule has 0 saturated heterocycles. The Morgan fingerprint density at radius 3 is 2.89 bits per heavy atom. The van der Waals surface area contributed by atoms with Crippen LogP contribution in [0.2, 0.25) is 0 Å².